The van der Waals surface area contributed by atoms with Crippen LogP contribution in [0.2, 0.25) is 10.3 Å². The van der Waals surface area contributed by atoms with Crippen LogP contribution >= 0.6 is 23.2 Å². The third kappa shape index (κ3) is 3.65. The van der Waals surface area contributed by atoms with Crippen molar-refractivity contribution < 1.29 is 0 Å². The minimum absolute atomic E-state index is 0.329. The molecule has 0 aliphatic rings. The van der Waals surface area contributed by atoms with Crippen molar-refractivity contribution in [1.29, 1.82) is 0 Å². The molecule has 1 rings (SSSR count). The van der Waals surface area contributed by atoms with Gasteiger partial charge in [-0.1, -0.05) is 23.2 Å². The predicted octanol–water partition coefficient (Wildman–Crippen LogP) is 1.93. The molecule has 0 saturated heterocycles. The van der Waals surface area contributed by atoms with Crippen LogP contribution in [-0.4, -0.2) is 23.3 Å². The van der Waals surface area contributed by atoms with Crippen molar-refractivity contribution in [2.45, 2.75) is 12.8 Å². The Kier molecular flexibility index (Phi) is 4.93. The van der Waals surface area contributed by atoms with Crippen molar-refractivity contribution in [3.63, 3.8) is 0 Å². The maximum Gasteiger partial charge on any atom is 0.174 e. The summed E-state index contributed by atoms with van der Waals surface area (Å²) in [6.45, 7) is 1.50. The monoisotopic (exact) mass is 234 g/mol. The van der Waals surface area contributed by atoms with Crippen molar-refractivity contribution in [3.05, 3.63) is 16.4 Å². The Hall–Kier alpha value is -0.580. The fourth-order valence-corrected chi connectivity index (χ4v) is 1.28. The highest BCUT2D eigenvalue weighted by Crippen LogP contribution is 2.20. The van der Waals surface area contributed by atoms with E-state index in [1.165, 1.54) is 0 Å². The van der Waals surface area contributed by atoms with Gasteiger partial charge in [-0.05, 0) is 19.4 Å². The third-order valence-corrected chi connectivity index (χ3v) is 2.13. The van der Waals surface area contributed by atoms with Crippen molar-refractivity contribution in [2.75, 3.05) is 18.4 Å². The second-order valence-electron chi connectivity index (χ2n) is 2.79. The molecule has 0 saturated carbocycles. The van der Waals surface area contributed by atoms with E-state index in [4.69, 9.17) is 28.9 Å². The molecule has 0 amide bonds. The fourth-order valence-electron chi connectivity index (χ4n) is 0.969. The summed E-state index contributed by atoms with van der Waals surface area (Å²) >= 11 is 11.5. The molecule has 0 bridgehead atoms. The SMILES string of the molecule is NCCCCNc1cc(Cl)nnc1Cl. The van der Waals surface area contributed by atoms with Crippen molar-refractivity contribution in [1.82, 2.24) is 10.2 Å². The molecule has 0 aliphatic heterocycles. The molecule has 1 heterocycles. The molecule has 0 aromatic carbocycles. The van der Waals surface area contributed by atoms with Gasteiger partial charge in [0.05, 0.1) is 5.69 Å². The second-order valence-corrected chi connectivity index (χ2v) is 3.54. The molecule has 14 heavy (non-hydrogen) atoms. The molecule has 1 aromatic heterocycles. The molecule has 0 atom stereocenters. The van der Waals surface area contributed by atoms with Crippen LogP contribution in [0.5, 0.6) is 0 Å². The number of hydrogen-bond donors (Lipinski definition) is 2. The van der Waals surface area contributed by atoms with Crippen LogP contribution in [0.3, 0.4) is 0 Å². The summed E-state index contributed by atoms with van der Waals surface area (Å²) in [4.78, 5) is 0. The van der Waals surface area contributed by atoms with Crippen molar-refractivity contribution in [3.8, 4) is 0 Å². The van der Waals surface area contributed by atoms with E-state index in [1.807, 2.05) is 0 Å². The lowest BCUT2D eigenvalue weighted by molar-refractivity contribution is 0.773. The highest BCUT2D eigenvalue weighted by Gasteiger charge is 2.02. The van der Waals surface area contributed by atoms with Gasteiger partial charge in [0.1, 0.15) is 0 Å². The number of nitrogens with one attached hydrogen (secondary N) is 1. The van der Waals surface area contributed by atoms with Crippen LogP contribution in [0, 0.1) is 0 Å². The first kappa shape index (κ1) is 11.5. The van der Waals surface area contributed by atoms with Gasteiger partial charge in [0.25, 0.3) is 0 Å². The number of nitrogens with zero attached hydrogens (tertiary/aromatic N) is 2. The largest absolute Gasteiger partial charge is 0.382 e. The number of nitrogens with two attached hydrogens (primary N) is 1. The van der Waals surface area contributed by atoms with E-state index in [1.54, 1.807) is 6.07 Å². The van der Waals surface area contributed by atoms with Gasteiger partial charge in [-0.15, -0.1) is 10.2 Å². The Labute approximate surface area is 92.8 Å². The zero-order valence-electron chi connectivity index (χ0n) is 7.63. The molecular formula is C8H12Cl2N4. The summed E-state index contributed by atoms with van der Waals surface area (Å²) < 4.78 is 0. The number of halogens is 2. The smallest absolute Gasteiger partial charge is 0.174 e. The summed E-state index contributed by atoms with van der Waals surface area (Å²) in [5.41, 5.74) is 6.08. The first-order chi connectivity index (χ1) is 6.74. The van der Waals surface area contributed by atoms with Crippen LogP contribution in [0.1, 0.15) is 12.8 Å². The highest BCUT2D eigenvalue weighted by atomic mass is 35.5. The number of aromatic nitrogens is 2. The van der Waals surface area contributed by atoms with E-state index in [0.29, 0.717) is 22.5 Å². The molecule has 0 spiro atoms. The van der Waals surface area contributed by atoms with Gasteiger partial charge >= 0.3 is 0 Å². The third-order valence-electron chi connectivity index (χ3n) is 1.67. The zero-order valence-corrected chi connectivity index (χ0v) is 9.15. The first-order valence-corrected chi connectivity index (χ1v) is 5.12. The van der Waals surface area contributed by atoms with Crippen LogP contribution in [0.4, 0.5) is 5.69 Å². The van der Waals surface area contributed by atoms with Crippen LogP contribution in [0.15, 0.2) is 6.07 Å². The first-order valence-electron chi connectivity index (χ1n) is 4.36. The molecule has 0 fully saturated rings. The lowest BCUT2D eigenvalue weighted by Gasteiger charge is -2.06. The molecule has 0 aliphatic carbocycles. The lowest BCUT2D eigenvalue weighted by atomic mass is 10.3. The van der Waals surface area contributed by atoms with Gasteiger partial charge in [-0.2, -0.15) is 0 Å². The molecule has 1 aromatic rings. The zero-order chi connectivity index (χ0) is 10.4. The number of hydrogen-bond acceptors (Lipinski definition) is 4. The Bertz CT molecular complexity index is 293. The van der Waals surface area contributed by atoms with Crippen molar-refractivity contribution >= 4 is 28.9 Å². The molecule has 0 unspecified atom stereocenters. The van der Waals surface area contributed by atoms with E-state index >= 15 is 0 Å². The number of unbranched alkanes of at least 4 members (excludes halogenated alkanes) is 1. The predicted molar refractivity (Wildman–Crippen MR) is 58.8 cm³/mol. The minimum atomic E-state index is 0.329. The second kappa shape index (κ2) is 6.01. The van der Waals surface area contributed by atoms with E-state index < -0.39 is 0 Å². The Morgan fingerprint density at radius 3 is 2.79 bits per heavy atom. The fraction of sp³-hybridized carbons (Fsp3) is 0.500. The standard InChI is InChI=1S/C8H12Cl2N4/c9-7-5-6(8(10)14-13-7)12-4-2-1-3-11/h5H,1-4,11H2,(H,12,13). The van der Waals surface area contributed by atoms with Gasteiger partial charge in [0.15, 0.2) is 10.3 Å². The Morgan fingerprint density at radius 2 is 2.07 bits per heavy atom. The summed E-state index contributed by atoms with van der Waals surface area (Å²) in [5, 5.41) is 11.1. The quantitative estimate of drug-likeness (QED) is 0.765. The van der Waals surface area contributed by atoms with Crippen LogP contribution in [-0.2, 0) is 0 Å². The topological polar surface area (TPSA) is 63.8 Å². The van der Waals surface area contributed by atoms with Gasteiger partial charge in [-0.25, -0.2) is 0 Å². The van der Waals surface area contributed by atoms with Crippen LogP contribution < -0.4 is 11.1 Å². The average Bonchev–Trinajstić information content (AvgIpc) is 2.18. The van der Waals surface area contributed by atoms with Gasteiger partial charge in [0, 0.05) is 12.6 Å². The average molecular weight is 235 g/mol. The van der Waals surface area contributed by atoms with E-state index in [2.05, 4.69) is 15.5 Å². The van der Waals surface area contributed by atoms with Gasteiger partial charge in [-0.3, -0.25) is 0 Å². The lowest BCUT2D eigenvalue weighted by Crippen LogP contribution is -2.06. The summed E-state index contributed by atoms with van der Waals surface area (Å²) in [6.07, 6.45) is 1.98. The van der Waals surface area contributed by atoms with Gasteiger partial charge < -0.3 is 11.1 Å². The molecule has 4 nitrogen and oxygen atoms in total. The Balaban J connectivity index is 2.45. The summed E-state index contributed by atoms with van der Waals surface area (Å²) in [6, 6.07) is 1.65. The maximum atomic E-state index is 5.79. The Morgan fingerprint density at radius 1 is 1.29 bits per heavy atom. The molecular weight excluding hydrogens is 223 g/mol. The molecule has 0 radical (unpaired) electrons. The van der Waals surface area contributed by atoms with E-state index in [0.717, 1.165) is 19.4 Å². The summed E-state index contributed by atoms with van der Waals surface area (Å²) in [7, 11) is 0. The summed E-state index contributed by atoms with van der Waals surface area (Å²) in [5.74, 6) is 0. The van der Waals surface area contributed by atoms with Gasteiger partial charge in [0.2, 0.25) is 0 Å². The van der Waals surface area contributed by atoms with E-state index in [9.17, 15) is 0 Å². The molecule has 6 heteroatoms. The number of rotatable bonds is 5. The number of anilines is 1. The highest BCUT2D eigenvalue weighted by molar-refractivity contribution is 6.33. The minimum Gasteiger partial charge on any atom is -0.382 e. The van der Waals surface area contributed by atoms with Crippen molar-refractivity contribution in [2.24, 2.45) is 5.73 Å². The molecule has 3 N–H and O–H groups in total. The van der Waals surface area contributed by atoms with E-state index in [-0.39, 0.29) is 0 Å². The van der Waals surface area contributed by atoms with Crippen LogP contribution in [0.25, 0.3) is 0 Å². The maximum absolute atomic E-state index is 5.79. The molecule has 78 valence electrons. The normalized spacial score (nSPS) is 10.2.